The second kappa shape index (κ2) is 7.77. The van der Waals surface area contributed by atoms with Gasteiger partial charge < -0.3 is 9.52 Å². The lowest BCUT2D eigenvalue weighted by molar-refractivity contribution is 0.0697. The maximum Gasteiger partial charge on any atom is 0.335 e. The van der Waals surface area contributed by atoms with Gasteiger partial charge in [0.25, 0.3) is 0 Å². The van der Waals surface area contributed by atoms with Gasteiger partial charge in [0.2, 0.25) is 0 Å². The van der Waals surface area contributed by atoms with Crippen LogP contribution in [0.4, 0.5) is 0 Å². The van der Waals surface area contributed by atoms with E-state index in [1.54, 1.807) is 18.2 Å². The van der Waals surface area contributed by atoms with E-state index >= 15 is 0 Å². The molecule has 2 rings (SSSR count). The van der Waals surface area contributed by atoms with E-state index in [0.29, 0.717) is 5.58 Å². The summed E-state index contributed by atoms with van der Waals surface area (Å²) in [5.74, 6) is -0.110. The van der Waals surface area contributed by atoms with Crippen molar-refractivity contribution in [3.05, 3.63) is 36.1 Å². The van der Waals surface area contributed by atoms with Crippen molar-refractivity contribution in [3.63, 3.8) is 0 Å². The third-order valence-electron chi connectivity index (χ3n) is 2.44. The van der Waals surface area contributed by atoms with Gasteiger partial charge in [0.05, 0.1) is 11.8 Å². The zero-order valence-corrected chi connectivity index (χ0v) is 11.1. The van der Waals surface area contributed by atoms with Crippen LogP contribution in [0.25, 0.3) is 11.0 Å². The fraction of sp³-hybridized carbons (Fsp3) is 0.357. The maximum absolute atomic E-state index is 10.5. The lowest BCUT2D eigenvalue weighted by atomic mass is 10.2. The van der Waals surface area contributed by atoms with Crippen molar-refractivity contribution in [1.29, 1.82) is 0 Å². The summed E-state index contributed by atoms with van der Waals surface area (Å²) >= 11 is 5.38. The lowest BCUT2D eigenvalue weighted by Gasteiger charge is -1.92. The summed E-state index contributed by atoms with van der Waals surface area (Å²) in [5.41, 5.74) is 0.854. The van der Waals surface area contributed by atoms with Crippen molar-refractivity contribution in [3.8, 4) is 0 Å². The van der Waals surface area contributed by atoms with Crippen LogP contribution in [-0.4, -0.2) is 17.0 Å². The number of benzene rings is 1. The zero-order valence-electron chi connectivity index (χ0n) is 10.4. The Labute approximate surface area is 111 Å². The lowest BCUT2D eigenvalue weighted by Crippen LogP contribution is -1.94. The molecular formula is C14H17ClO3. The highest BCUT2D eigenvalue weighted by Crippen LogP contribution is 2.16. The Hall–Kier alpha value is -1.48. The average molecular weight is 269 g/mol. The molecule has 1 heterocycles. The molecule has 0 spiro atoms. The van der Waals surface area contributed by atoms with Crippen molar-refractivity contribution in [1.82, 2.24) is 0 Å². The Morgan fingerprint density at radius 3 is 2.67 bits per heavy atom. The van der Waals surface area contributed by atoms with Crippen LogP contribution in [0.3, 0.4) is 0 Å². The fourth-order valence-corrected chi connectivity index (χ4v) is 1.62. The normalized spacial score (nSPS) is 9.89. The number of unbranched alkanes of at least 4 members (excludes halogenated alkanes) is 2. The van der Waals surface area contributed by atoms with Crippen LogP contribution in [0, 0.1) is 0 Å². The number of alkyl halides is 1. The summed E-state index contributed by atoms with van der Waals surface area (Å²) in [4.78, 5) is 10.5. The van der Waals surface area contributed by atoms with E-state index in [-0.39, 0.29) is 5.56 Å². The number of fused-ring (bicyclic) bond motifs is 1. The third-order valence-corrected chi connectivity index (χ3v) is 2.71. The zero-order chi connectivity index (χ0) is 13.4. The number of aromatic carboxylic acids is 1. The first kappa shape index (κ1) is 14.6. The molecular weight excluding hydrogens is 252 g/mol. The molecule has 3 nitrogen and oxygen atoms in total. The van der Waals surface area contributed by atoms with Crippen LogP contribution in [0.15, 0.2) is 34.9 Å². The molecule has 0 atom stereocenters. The summed E-state index contributed by atoms with van der Waals surface area (Å²) in [6.45, 7) is 2.17. The highest BCUT2D eigenvalue weighted by atomic mass is 35.5. The van der Waals surface area contributed by atoms with Crippen molar-refractivity contribution in [2.75, 3.05) is 5.88 Å². The van der Waals surface area contributed by atoms with Crippen molar-refractivity contribution < 1.29 is 14.3 Å². The molecule has 0 aliphatic carbocycles. The summed E-state index contributed by atoms with van der Waals surface area (Å²) in [5, 5.41) is 9.56. The molecule has 0 saturated heterocycles. The summed E-state index contributed by atoms with van der Waals surface area (Å²) in [6, 6.07) is 6.58. The first-order valence-corrected chi connectivity index (χ1v) is 6.49. The number of hydrogen-bond acceptors (Lipinski definition) is 2. The van der Waals surface area contributed by atoms with Crippen LogP contribution in [0.5, 0.6) is 0 Å². The highest BCUT2D eigenvalue weighted by Gasteiger charge is 2.04. The van der Waals surface area contributed by atoms with Crippen LogP contribution < -0.4 is 0 Å². The Balaban J connectivity index is 0.000000232. The first-order chi connectivity index (χ1) is 8.69. The molecule has 2 aromatic rings. The third kappa shape index (κ3) is 4.41. The van der Waals surface area contributed by atoms with Gasteiger partial charge in [-0.25, -0.2) is 4.79 Å². The van der Waals surface area contributed by atoms with E-state index in [1.807, 2.05) is 0 Å². The van der Waals surface area contributed by atoms with Crippen LogP contribution in [0.2, 0.25) is 0 Å². The molecule has 0 radical (unpaired) electrons. The molecule has 0 saturated carbocycles. The molecule has 0 aliphatic rings. The van der Waals surface area contributed by atoms with Gasteiger partial charge >= 0.3 is 5.97 Å². The Kier molecular flexibility index (Phi) is 6.29. The van der Waals surface area contributed by atoms with Gasteiger partial charge in [0.1, 0.15) is 5.58 Å². The molecule has 4 heteroatoms. The Bertz CT molecular complexity index is 486. The number of carboxylic acid groups (broad SMARTS) is 1. The minimum absolute atomic E-state index is 0.248. The Morgan fingerprint density at radius 1 is 1.33 bits per heavy atom. The number of carboxylic acids is 1. The molecule has 0 bridgehead atoms. The predicted molar refractivity (Wildman–Crippen MR) is 73.4 cm³/mol. The van der Waals surface area contributed by atoms with Gasteiger partial charge in [0.15, 0.2) is 0 Å². The molecule has 18 heavy (non-hydrogen) atoms. The molecule has 1 aromatic heterocycles. The van der Waals surface area contributed by atoms with Gasteiger partial charge in [-0.15, -0.1) is 11.6 Å². The van der Waals surface area contributed by atoms with Gasteiger partial charge in [-0.1, -0.05) is 25.8 Å². The number of hydrogen-bond donors (Lipinski definition) is 1. The molecule has 98 valence electrons. The van der Waals surface area contributed by atoms with E-state index in [1.165, 1.54) is 31.6 Å². The molecule has 1 N–H and O–H groups in total. The van der Waals surface area contributed by atoms with Crippen molar-refractivity contribution in [2.24, 2.45) is 0 Å². The number of furan rings is 1. The van der Waals surface area contributed by atoms with Gasteiger partial charge in [-0.2, -0.15) is 0 Å². The topological polar surface area (TPSA) is 50.4 Å². The maximum atomic E-state index is 10.5. The van der Waals surface area contributed by atoms with E-state index in [2.05, 4.69) is 6.92 Å². The standard InChI is InChI=1S/C9H6O3.C5H11Cl/c10-9(11)7-2-1-6-3-4-12-8(6)5-7;1-2-3-4-5-6/h1-5H,(H,10,11);2-5H2,1H3. The van der Waals surface area contributed by atoms with Crippen LogP contribution >= 0.6 is 11.6 Å². The van der Waals surface area contributed by atoms with E-state index in [9.17, 15) is 4.79 Å². The van der Waals surface area contributed by atoms with Crippen LogP contribution in [-0.2, 0) is 0 Å². The fourth-order valence-electron chi connectivity index (χ4n) is 1.43. The molecule has 0 amide bonds. The van der Waals surface area contributed by atoms with Crippen molar-refractivity contribution in [2.45, 2.75) is 26.2 Å². The smallest absolute Gasteiger partial charge is 0.335 e. The molecule has 0 aliphatic heterocycles. The predicted octanol–water partition coefficient (Wildman–Crippen LogP) is 4.55. The number of carbonyl (C=O) groups is 1. The quantitative estimate of drug-likeness (QED) is 0.654. The second-order valence-corrected chi connectivity index (χ2v) is 4.25. The molecule has 1 aromatic carbocycles. The van der Waals surface area contributed by atoms with Gasteiger partial charge in [-0.3, -0.25) is 0 Å². The van der Waals surface area contributed by atoms with E-state index in [4.69, 9.17) is 21.1 Å². The second-order valence-electron chi connectivity index (χ2n) is 3.87. The average Bonchev–Trinajstić information content (AvgIpc) is 2.84. The van der Waals surface area contributed by atoms with Gasteiger partial charge in [0, 0.05) is 11.3 Å². The largest absolute Gasteiger partial charge is 0.478 e. The molecule has 0 unspecified atom stereocenters. The number of halogens is 1. The summed E-state index contributed by atoms with van der Waals surface area (Å²) < 4.78 is 5.05. The van der Waals surface area contributed by atoms with Gasteiger partial charge in [-0.05, 0) is 24.6 Å². The van der Waals surface area contributed by atoms with E-state index in [0.717, 1.165) is 11.3 Å². The minimum atomic E-state index is -0.937. The number of rotatable bonds is 4. The van der Waals surface area contributed by atoms with Crippen molar-refractivity contribution >= 4 is 28.5 Å². The Morgan fingerprint density at radius 2 is 2.11 bits per heavy atom. The van der Waals surface area contributed by atoms with Crippen LogP contribution in [0.1, 0.15) is 36.5 Å². The molecule has 0 fully saturated rings. The monoisotopic (exact) mass is 268 g/mol. The minimum Gasteiger partial charge on any atom is -0.478 e. The highest BCUT2D eigenvalue weighted by molar-refractivity contribution is 6.17. The first-order valence-electron chi connectivity index (χ1n) is 5.95. The van der Waals surface area contributed by atoms with E-state index < -0.39 is 5.97 Å². The SMILES string of the molecule is CCCCCCl.O=C(O)c1ccc2ccoc2c1. The summed E-state index contributed by atoms with van der Waals surface area (Å²) in [7, 11) is 0. The summed E-state index contributed by atoms with van der Waals surface area (Å²) in [6.07, 6.45) is 5.27.